The number of aromatic nitrogens is 5. The summed E-state index contributed by atoms with van der Waals surface area (Å²) in [4.78, 5) is 9.77. The Kier molecular flexibility index (Phi) is 6.78. The number of nitrogens with zero attached hydrogens (tertiary/aromatic N) is 6. The van der Waals surface area contributed by atoms with Gasteiger partial charge in [-0.1, -0.05) is 6.07 Å². The van der Waals surface area contributed by atoms with Crippen molar-refractivity contribution in [1.29, 1.82) is 0 Å². The van der Waals surface area contributed by atoms with Crippen molar-refractivity contribution in [3.8, 4) is 28.8 Å². The van der Waals surface area contributed by atoms with Gasteiger partial charge in [0.2, 0.25) is 11.8 Å². The molecule has 5 rings (SSSR count). The highest BCUT2D eigenvalue weighted by Gasteiger charge is 2.34. The Balaban J connectivity index is 1.52. The number of rotatable bonds is 8. The van der Waals surface area contributed by atoms with Crippen LogP contribution < -0.4 is 14.4 Å². The lowest BCUT2D eigenvalue weighted by molar-refractivity contribution is 0.390. The number of hydrogen-bond acceptors (Lipinski definition) is 10. The summed E-state index contributed by atoms with van der Waals surface area (Å²) in [5.74, 6) is 1.15. The number of hydrogen-bond donors (Lipinski definition) is 0. The second kappa shape index (κ2) is 10.2. The van der Waals surface area contributed by atoms with E-state index in [-0.39, 0.29) is 18.1 Å². The second-order valence-electron chi connectivity index (χ2n) is 8.48. The molecular weight excluding hydrogens is 503 g/mol. The molecule has 11 nitrogen and oxygen atoms in total. The molecule has 13 heteroatoms. The van der Waals surface area contributed by atoms with Crippen molar-refractivity contribution in [2.45, 2.75) is 23.8 Å². The van der Waals surface area contributed by atoms with Crippen LogP contribution in [-0.4, -0.2) is 65.7 Å². The fraction of sp³-hybridized carbons (Fsp3) is 0.333. The van der Waals surface area contributed by atoms with Crippen LogP contribution in [0.1, 0.15) is 18.7 Å². The molecule has 0 radical (unpaired) electrons. The van der Waals surface area contributed by atoms with Crippen molar-refractivity contribution < 1.29 is 26.7 Å². The van der Waals surface area contributed by atoms with Crippen molar-refractivity contribution in [2.75, 3.05) is 32.2 Å². The van der Waals surface area contributed by atoms with E-state index < -0.39 is 20.9 Å². The van der Waals surface area contributed by atoms with Crippen LogP contribution in [0.4, 0.5) is 10.3 Å². The minimum Gasteiger partial charge on any atom is -0.494 e. The number of benzene rings is 1. The van der Waals surface area contributed by atoms with Gasteiger partial charge in [0, 0.05) is 13.1 Å². The van der Waals surface area contributed by atoms with Crippen molar-refractivity contribution in [3.63, 3.8) is 0 Å². The molecule has 194 valence electrons. The molecule has 0 bridgehead atoms. The molecule has 0 spiro atoms. The van der Waals surface area contributed by atoms with Gasteiger partial charge in [0.25, 0.3) is 0 Å². The van der Waals surface area contributed by atoms with Gasteiger partial charge in [0.15, 0.2) is 27.2 Å². The van der Waals surface area contributed by atoms with Gasteiger partial charge in [-0.25, -0.2) is 22.8 Å². The third-order valence-electron chi connectivity index (χ3n) is 6.20. The van der Waals surface area contributed by atoms with Gasteiger partial charge < -0.3 is 18.8 Å². The fourth-order valence-corrected chi connectivity index (χ4v) is 6.16. The SMILES string of the molecule is COc1cccc(OC)c1-n1c(CS(=O)(=O)[C@H]2CCCN(c3ncc(F)cn3)C2)nnc1-c1ccco1. The van der Waals surface area contributed by atoms with Crippen LogP contribution in [0.2, 0.25) is 0 Å². The van der Waals surface area contributed by atoms with Crippen molar-refractivity contribution in [1.82, 2.24) is 24.7 Å². The molecule has 4 aromatic rings. The average molecular weight is 529 g/mol. The molecule has 0 unspecified atom stereocenters. The summed E-state index contributed by atoms with van der Waals surface area (Å²) in [6.07, 6.45) is 4.73. The van der Waals surface area contributed by atoms with Crippen molar-refractivity contribution >= 4 is 15.8 Å². The molecule has 1 saturated heterocycles. The van der Waals surface area contributed by atoms with E-state index in [2.05, 4.69) is 20.2 Å². The van der Waals surface area contributed by atoms with E-state index in [1.807, 2.05) is 0 Å². The maximum atomic E-state index is 13.7. The lowest BCUT2D eigenvalue weighted by Gasteiger charge is -2.32. The van der Waals surface area contributed by atoms with Crippen molar-refractivity contribution in [2.24, 2.45) is 0 Å². The molecule has 1 aromatic carbocycles. The normalized spacial score (nSPS) is 16.1. The first-order valence-corrected chi connectivity index (χ1v) is 13.3. The van der Waals surface area contributed by atoms with Crippen LogP contribution in [-0.2, 0) is 15.6 Å². The maximum absolute atomic E-state index is 13.7. The van der Waals surface area contributed by atoms with E-state index in [0.717, 1.165) is 12.4 Å². The average Bonchev–Trinajstić information content (AvgIpc) is 3.58. The monoisotopic (exact) mass is 528 g/mol. The Labute approximate surface area is 212 Å². The molecule has 0 amide bonds. The number of methoxy groups -OCH3 is 2. The molecule has 0 N–H and O–H groups in total. The van der Waals surface area contributed by atoms with Crippen LogP contribution in [0.3, 0.4) is 0 Å². The molecule has 1 fully saturated rings. The molecular formula is C24H25FN6O5S. The van der Waals surface area contributed by atoms with Gasteiger partial charge in [-0.3, -0.25) is 4.57 Å². The summed E-state index contributed by atoms with van der Waals surface area (Å²) in [6, 6.07) is 8.66. The number of sulfone groups is 1. The summed E-state index contributed by atoms with van der Waals surface area (Å²) < 4.78 is 58.9. The van der Waals surface area contributed by atoms with E-state index in [4.69, 9.17) is 13.9 Å². The third kappa shape index (κ3) is 4.86. The summed E-state index contributed by atoms with van der Waals surface area (Å²) in [6.45, 7) is 0.764. The Hall–Kier alpha value is -4.00. The second-order valence-corrected chi connectivity index (χ2v) is 10.8. The van der Waals surface area contributed by atoms with Gasteiger partial charge in [0.05, 0.1) is 38.1 Å². The minimum atomic E-state index is -3.72. The Morgan fingerprint density at radius 3 is 2.46 bits per heavy atom. The molecule has 0 aliphatic carbocycles. The molecule has 0 saturated carbocycles. The summed E-state index contributed by atoms with van der Waals surface area (Å²) in [5, 5.41) is 7.81. The zero-order valence-corrected chi connectivity index (χ0v) is 21.1. The Morgan fingerprint density at radius 2 is 1.81 bits per heavy atom. The number of para-hydroxylation sites is 1. The third-order valence-corrected chi connectivity index (χ3v) is 8.26. The zero-order valence-electron chi connectivity index (χ0n) is 20.2. The predicted molar refractivity (Wildman–Crippen MR) is 132 cm³/mol. The van der Waals surface area contributed by atoms with E-state index in [1.54, 1.807) is 39.8 Å². The first-order chi connectivity index (χ1) is 17.9. The van der Waals surface area contributed by atoms with E-state index >= 15 is 0 Å². The quantitative estimate of drug-likeness (QED) is 0.337. The topological polar surface area (TPSA) is 125 Å². The Morgan fingerprint density at radius 1 is 1.08 bits per heavy atom. The number of piperidine rings is 1. The molecule has 1 aliphatic heterocycles. The van der Waals surface area contributed by atoms with Crippen LogP contribution >= 0.6 is 0 Å². The van der Waals surface area contributed by atoms with Gasteiger partial charge in [-0.2, -0.15) is 0 Å². The predicted octanol–water partition coefficient (Wildman–Crippen LogP) is 3.06. The summed E-state index contributed by atoms with van der Waals surface area (Å²) in [5.41, 5.74) is 0.457. The smallest absolute Gasteiger partial charge is 0.225 e. The van der Waals surface area contributed by atoms with E-state index in [1.165, 1.54) is 20.5 Å². The Bertz CT molecular complexity index is 1450. The van der Waals surface area contributed by atoms with E-state index in [0.29, 0.717) is 54.1 Å². The highest BCUT2D eigenvalue weighted by Crippen LogP contribution is 2.37. The van der Waals surface area contributed by atoms with Crippen LogP contribution in [0.25, 0.3) is 17.3 Å². The summed E-state index contributed by atoms with van der Waals surface area (Å²) >= 11 is 0. The minimum absolute atomic E-state index is 0.185. The van der Waals surface area contributed by atoms with Crippen LogP contribution in [0.15, 0.2) is 53.4 Å². The highest BCUT2D eigenvalue weighted by atomic mass is 32.2. The molecule has 4 heterocycles. The van der Waals surface area contributed by atoms with Gasteiger partial charge >= 0.3 is 0 Å². The maximum Gasteiger partial charge on any atom is 0.225 e. The first kappa shape index (κ1) is 24.7. The lowest BCUT2D eigenvalue weighted by Crippen LogP contribution is -2.43. The number of ether oxygens (including phenoxy) is 2. The largest absolute Gasteiger partial charge is 0.494 e. The highest BCUT2D eigenvalue weighted by molar-refractivity contribution is 7.91. The van der Waals surface area contributed by atoms with Gasteiger partial charge in [-0.05, 0) is 37.1 Å². The van der Waals surface area contributed by atoms with Crippen LogP contribution in [0, 0.1) is 5.82 Å². The molecule has 3 aromatic heterocycles. The summed E-state index contributed by atoms with van der Waals surface area (Å²) in [7, 11) is -0.690. The first-order valence-electron chi connectivity index (χ1n) is 11.5. The van der Waals surface area contributed by atoms with E-state index in [9.17, 15) is 12.8 Å². The molecule has 1 atom stereocenters. The number of halogens is 1. The van der Waals surface area contributed by atoms with Crippen LogP contribution in [0.5, 0.6) is 11.5 Å². The standard InChI is InChI=1S/C24H25FN6O5S/c1-34-18-7-3-8-19(35-2)22(18)31-21(28-29-23(31)20-9-5-11-36-20)15-37(32,33)17-6-4-10-30(14-17)24-26-12-16(25)13-27-24/h3,5,7-9,11-13,17H,4,6,10,14-15H2,1-2H3/t17-/m0/s1. The fourth-order valence-electron chi connectivity index (χ4n) is 4.44. The number of anilines is 1. The van der Waals surface area contributed by atoms with Crippen molar-refractivity contribution in [3.05, 3.63) is 60.6 Å². The lowest BCUT2D eigenvalue weighted by atomic mass is 10.1. The van der Waals surface area contributed by atoms with Gasteiger partial charge in [0.1, 0.15) is 22.9 Å². The molecule has 37 heavy (non-hydrogen) atoms. The van der Waals surface area contributed by atoms with Gasteiger partial charge in [-0.15, -0.1) is 10.2 Å². The molecule has 1 aliphatic rings. The number of furan rings is 1. The zero-order chi connectivity index (χ0) is 26.0.